The van der Waals surface area contributed by atoms with Crippen molar-refractivity contribution in [1.82, 2.24) is 4.90 Å². The second-order valence-corrected chi connectivity index (χ2v) is 4.51. The van der Waals surface area contributed by atoms with Gasteiger partial charge in [-0.2, -0.15) is 0 Å². The van der Waals surface area contributed by atoms with Crippen LogP contribution in [0.5, 0.6) is 11.5 Å². The molecule has 1 saturated heterocycles. The lowest BCUT2D eigenvalue weighted by Gasteiger charge is -2.26. The first-order chi connectivity index (χ1) is 10.1. The van der Waals surface area contributed by atoms with Gasteiger partial charge < -0.3 is 24.8 Å². The predicted octanol–water partition coefficient (Wildman–Crippen LogP) is 0.0317. The normalized spacial score (nSPS) is 14.6. The summed E-state index contributed by atoms with van der Waals surface area (Å²) in [5.74, 6) is 0.0914. The highest BCUT2D eigenvalue weighted by Crippen LogP contribution is 2.27. The molecule has 1 fully saturated rings. The smallest absolute Gasteiger partial charge is 0.260 e. The largest absolute Gasteiger partial charge is 0.493 e. The molecule has 2 rings (SSSR count). The number of carbonyl (C=O) groups is 2. The Balaban J connectivity index is 1.98. The number of rotatable bonds is 5. The van der Waals surface area contributed by atoms with E-state index in [1.807, 2.05) is 0 Å². The van der Waals surface area contributed by atoms with Crippen molar-refractivity contribution in [2.75, 3.05) is 40.0 Å². The van der Waals surface area contributed by atoms with E-state index in [0.29, 0.717) is 43.4 Å². The van der Waals surface area contributed by atoms with Gasteiger partial charge in [-0.15, -0.1) is 0 Å². The fraction of sp³-hybridized carbons (Fsp3) is 0.429. The first kappa shape index (κ1) is 15.1. The predicted molar refractivity (Wildman–Crippen MR) is 74.4 cm³/mol. The lowest BCUT2D eigenvalue weighted by Crippen LogP contribution is -2.43. The Bertz CT molecular complexity index is 526. The Kier molecular flexibility index (Phi) is 4.99. The highest BCUT2D eigenvalue weighted by atomic mass is 16.5. The summed E-state index contributed by atoms with van der Waals surface area (Å²) in [4.78, 5) is 24.8. The molecule has 1 aromatic rings. The minimum absolute atomic E-state index is 0.0910. The van der Waals surface area contributed by atoms with Crippen molar-refractivity contribution in [3.8, 4) is 11.5 Å². The Morgan fingerprint density at radius 1 is 1.29 bits per heavy atom. The fourth-order valence-electron chi connectivity index (χ4n) is 1.98. The van der Waals surface area contributed by atoms with Crippen molar-refractivity contribution in [3.63, 3.8) is 0 Å². The van der Waals surface area contributed by atoms with Gasteiger partial charge >= 0.3 is 0 Å². The third-order valence-corrected chi connectivity index (χ3v) is 3.16. The van der Waals surface area contributed by atoms with Gasteiger partial charge in [-0.3, -0.25) is 9.59 Å². The topological polar surface area (TPSA) is 91.1 Å². The molecule has 0 aliphatic carbocycles. The molecule has 7 nitrogen and oxygen atoms in total. The van der Waals surface area contributed by atoms with E-state index in [9.17, 15) is 9.59 Å². The number of benzene rings is 1. The van der Waals surface area contributed by atoms with Crippen LogP contribution in [-0.2, 0) is 9.53 Å². The van der Waals surface area contributed by atoms with Crippen molar-refractivity contribution >= 4 is 11.8 Å². The molecule has 0 bridgehead atoms. The van der Waals surface area contributed by atoms with E-state index in [1.165, 1.54) is 19.2 Å². The molecule has 2 amide bonds. The molecule has 0 aromatic heterocycles. The van der Waals surface area contributed by atoms with Gasteiger partial charge in [0.1, 0.15) is 0 Å². The highest BCUT2D eigenvalue weighted by Gasteiger charge is 2.18. The lowest BCUT2D eigenvalue weighted by molar-refractivity contribution is -0.137. The Morgan fingerprint density at radius 3 is 2.62 bits per heavy atom. The number of carbonyl (C=O) groups excluding carboxylic acids is 2. The summed E-state index contributed by atoms with van der Waals surface area (Å²) in [5.41, 5.74) is 5.52. The zero-order valence-electron chi connectivity index (χ0n) is 11.8. The Hall–Kier alpha value is -2.28. The Labute approximate surface area is 122 Å². The van der Waals surface area contributed by atoms with E-state index in [0.717, 1.165) is 0 Å². The van der Waals surface area contributed by atoms with E-state index in [4.69, 9.17) is 19.9 Å². The van der Waals surface area contributed by atoms with Crippen LogP contribution in [0.25, 0.3) is 0 Å². The van der Waals surface area contributed by atoms with Gasteiger partial charge in [0, 0.05) is 18.7 Å². The van der Waals surface area contributed by atoms with E-state index in [-0.39, 0.29) is 12.5 Å². The van der Waals surface area contributed by atoms with E-state index >= 15 is 0 Å². The number of nitrogens with two attached hydrogens (primary N) is 1. The van der Waals surface area contributed by atoms with Crippen LogP contribution < -0.4 is 15.2 Å². The molecule has 1 aliphatic rings. The highest BCUT2D eigenvalue weighted by molar-refractivity contribution is 5.93. The van der Waals surface area contributed by atoms with Gasteiger partial charge in [-0.05, 0) is 18.2 Å². The second-order valence-electron chi connectivity index (χ2n) is 4.51. The van der Waals surface area contributed by atoms with Crippen LogP contribution in [0.15, 0.2) is 18.2 Å². The SMILES string of the molecule is COc1cc(C(N)=O)ccc1OCC(=O)N1CCOCC1. The third-order valence-electron chi connectivity index (χ3n) is 3.16. The number of primary amides is 1. The first-order valence-corrected chi connectivity index (χ1v) is 6.58. The maximum absolute atomic E-state index is 12.0. The minimum atomic E-state index is -0.552. The maximum Gasteiger partial charge on any atom is 0.260 e. The van der Waals surface area contributed by atoms with Crippen molar-refractivity contribution in [2.24, 2.45) is 5.73 Å². The van der Waals surface area contributed by atoms with E-state index < -0.39 is 5.91 Å². The van der Waals surface area contributed by atoms with E-state index in [2.05, 4.69) is 0 Å². The molecular formula is C14H18N2O5. The molecule has 21 heavy (non-hydrogen) atoms. The van der Waals surface area contributed by atoms with Crippen LogP contribution in [0.3, 0.4) is 0 Å². The molecule has 0 saturated carbocycles. The molecule has 1 aliphatic heterocycles. The molecule has 114 valence electrons. The van der Waals surface area contributed by atoms with Crippen LogP contribution in [0.2, 0.25) is 0 Å². The summed E-state index contributed by atoms with van der Waals surface area (Å²) < 4.78 is 15.8. The van der Waals surface area contributed by atoms with Crippen molar-refractivity contribution in [2.45, 2.75) is 0 Å². The number of morpholine rings is 1. The maximum atomic E-state index is 12.0. The van der Waals surface area contributed by atoms with Crippen molar-refractivity contribution in [1.29, 1.82) is 0 Å². The van der Waals surface area contributed by atoms with Gasteiger partial charge in [0.15, 0.2) is 18.1 Å². The average Bonchev–Trinajstić information content (AvgIpc) is 2.53. The number of amides is 2. The standard InChI is InChI=1S/C14H18N2O5/c1-19-12-8-10(14(15)18)2-3-11(12)21-9-13(17)16-4-6-20-7-5-16/h2-3,8H,4-7,9H2,1H3,(H2,15,18). The Morgan fingerprint density at radius 2 is 2.00 bits per heavy atom. The second kappa shape index (κ2) is 6.94. The molecule has 1 heterocycles. The van der Waals surface area contributed by atoms with Crippen LogP contribution in [0, 0.1) is 0 Å². The lowest BCUT2D eigenvalue weighted by atomic mass is 10.2. The molecule has 7 heteroatoms. The minimum Gasteiger partial charge on any atom is -0.493 e. The zero-order valence-corrected chi connectivity index (χ0v) is 11.8. The number of methoxy groups -OCH3 is 1. The molecular weight excluding hydrogens is 276 g/mol. The third kappa shape index (κ3) is 3.85. The molecule has 1 aromatic carbocycles. The van der Waals surface area contributed by atoms with Crippen LogP contribution in [-0.4, -0.2) is 56.7 Å². The first-order valence-electron chi connectivity index (χ1n) is 6.58. The van der Waals surface area contributed by atoms with Crippen molar-refractivity contribution < 1.29 is 23.8 Å². The molecule has 0 unspecified atom stereocenters. The fourth-order valence-corrected chi connectivity index (χ4v) is 1.98. The average molecular weight is 294 g/mol. The quantitative estimate of drug-likeness (QED) is 0.827. The number of ether oxygens (including phenoxy) is 3. The van der Waals surface area contributed by atoms with Gasteiger partial charge in [-0.1, -0.05) is 0 Å². The summed E-state index contributed by atoms with van der Waals surface area (Å²) in [6.07, 6.45) is 0. The van der Waals surface area contributed by atoms with Crippen LogP contribution in [0.1, 0.15) is 10.4 Å². The number of hydrogen-bond acceptors (Lipinski definition) is 5. The van der Waals surface area contributed by atoms with Gasteiger partial charge in [0.05, 0.1) is 20.3 Å². The summed E-state index contributed by atoms with van der Waals surface area (Å²) in [7, 11) is 1.46. The van der Waals surface area contributed by atoms with Crippen LogP contribution >= 0.6 is 0 Å². The summed E-state index contributed by atoms with van der Waals surface area (Å²) in [5, 5.41) is 0. The summed E-state index contributed by atoms with van der Waals surface area (Å²) in [6, 6.07) is 4.57. The number of hydrogen-bond donors (Lipinski definition) is 1. The monoisotopic (exact) mass is 294 g/mol. The van der Waals surface area contributed by atoms with Gasteiger partial charge in [0.2, 0.25) is 5.91 Å². The van der Waals surface area contributed by atoms with Crippen molar-refractivity contribution in [3.05, 3.63) is 23.8 Å². The molecule has 2 N–H and O–H groups in total. The number of nitrogens with zero attached hydrogens (tertiary/aromatic N) is 1. The summed E-state index contributed by atoms with van der Waals surface area (Å²) >= 11 is 0. The van der Waals surface area contributed by atoms with E-state index in [1.54, 1.807) is 11.0 Å². The molecule has 0 spiro atoms. The zero-order chi connectivity index (χ0) is 15.2. The molecule has 0 atom stereocenters. The molecule has 0 radical (unpaired) electrons. The van der Waals surface area contributed by atoms with Crippen LogP contribution in [0.4, 0.5) is 0 Å². The van der Waals surface area contributed by atoms with Gasteiger partial charge in [-0.25, -0.2) is 0 Å². The summed E-state index contributed by atoms with van der Waals surface area (Å²) in [6.45, 7) is 2.14. The van der Waals surface area contributed by atoms with Gasteiger partial charge in [0.25, 0.3) is 5.91 Å².